The largest absolute Gasteiger partial charge is 0.469 e. The van der Waals surface area contributed by atoms with Crippen molar-refractivity contribution < 1.29 is 28.6 Å². The minimum atomic E-state index is -0.443. The van der Waals surface area contributed by atoms with Crippen LogP contribution in [0.2, 0.25) is 0 Å². The summed E-state index contributed by atoms with van der Waals surface area (Å²) in [5.74, 6) is -0.677. The number of hydrogen-bond donors (Lipinski definition) is 0. The molecule has 0 spiro atoms. The second-order valence-electron chi connectivity index (χ2n) is 8.93. The van der Waals surface area contributed by atoms with E-state index < -0.39 is 5.92 Å². The lowest BCUT2D eigenvalue weighted by Gasteiger charge is -2.16. The summed E-state index contributed by atoms with van der Waals surface area (Å²) in [5.41, 5.74) is 0. The third-order valence-corrected chi connectivity index (χ3v) is 4.70. The van der Waals surface area contributed by atoms with Crippen molar-refractivity contribution in [1.29, 1.82) is 0 Å². The molecule has 0 aliphatic carbocycles. The van der Waals surface area contributed by atoms with E-state index in [1.54, 1.807) is 0 Å². The first-order chi connectivity index (χ1) is 14.8. The summed E-state index contributed by atoms with van der Waals surface area (Å²) < 4.78 is 15.2. The smallest absolute Gasteiger partial charge is 0.309 e. The zero-order chi connectivity index (χ0) is 23.5. The molecule has 0 radical (unpaired) electrons. The van der Waals surface area contributed by atoms with Gasteiger partial charge in [-0.3, -0.25) is 14.4 Å². The topological polar surface area (TPSA) is 78.9 Å². The van der Waals surface area contributed by atoms with E-state index in [0.29, 0.717) is 26.1 Å². The van der Waals surface area contributed by atoms with Crippen molar-refractivity contribution in [1.82, 2.24) is 0 Å². The van der Waals surface area contributed by atoms with E-state index >= 15 is 0 Å². The number of carbonyl (C=O) groups excluding carboxylic acids is 3. The third-order valence-electron chi connectivity index (χ3n) is 4.70. The third kappa shape index (κ3) is 18.6. The van der Waals surface area contributed by atoms with Crippen LogP contribution in [0.15, 0.2) is 12.2 Å². The molecule has 0 amide bonds. The molecule has 6 heteroatoms. The zero-order valence-corrected chi connectivity index (χ0v) is 20.3. The lowest BCUT2D eigenvalue weighted by Crippen LogP contribution is -2.24. The average molecular weight is 441 g/mol. The van der Waals surface area contributed by atoms with Gasteiger partial charge in [0, 0.05) is 6.42 Å². The minimum absolute atomic E-state index is 0.0823. The molecular formula is C25H44O6. The Morgan fingerprint density at radius 3 is 1.94 bits per heavy atom. The van der Waals surface area contributed by atoms with Crippen LogP contribution >= 0.6 is 0 Å². The fraction of sp³-hybridized carbons (Fsp3) is 0.800. The van der Waals surface area contributed by atoms with Crippen LogP contribution in [0.4, 0.5) is 0 Å². The molecule has 0 saturated carbocycles. The molecule has 6 nitrogen and oxygen atoms in total. The first kappa shape index (κ1) is 29.1. The van der Waals surface area contributed by atoms with Crippen LogP contribution < -0.4 is 0 Å². The summed E-state index contributed by atoms with van der Waals surface area (Å²) in [5, 5.41) is 0. The Balaban J connectivity index is 4.16. The highest BCUT2D eigenvalue weighted by Crippen LogP contribution is 2.17. The van der Waals surface area contributed by atoms with E-state index in [2.05, 4.69) is 16.9 Å². The summed E-state index contributed by atoms with van der Waals surface area (Å²) in [6.07, 6.45) is 12.3. The molecule has 180 valence electrons. The fourth-order valence-electron chi connectivity index (χ4n) is 2.89. The number of unbranched alkanes of at least 4 members (excludes halogenated alkanes) is 5. The van der Waals surface area contributed by atoms with Gasteiger partial charge in [-0.15, -0.1) is 0 Å². The number of ether oxygens (including phenoxy) is 3. The minimum Gasteiger partial charge on any atom is -0.469 e. The van der Waals surface area contributed by atoms with E-state index in [4.69, 9.17) is 9.47 Å². The SMILES string of the molecule is COC(=O)CCCCCC/C=C/CCCC(CC(=O)OCC(C)C)C(=O)OCC(C)C. The Kier molecular flexibility index (Phi) is 17.8. The second kappa shape index (κ2) is 18.9. The van der Waals surface area contributed by atoms with E-state index in [1.165, 1.54) is 7.11 Å². The maximum absolute atomic E-state index is 12.4. The first-order valence-electron chi connectivity index (χ1n) is 11.8. The van der Waals surface area contributed by atoms with Crippen LogP contribution in [0.5, 0.6) is 0 Å². The molecule has 0 rings (SSSR count). The monoisotopic (exact) mass is 440 g/mol. The van der Waals surface area contributed by atoms with Crippen LogP contribution in [-0.2, 0) is 28.6 Å². The number of carbonyl (C=O) groups is 3. The molecule has 0 heterocycles. The fourth-order valence-corrected chi connectivity index (χ4v) is 2.89. The summed E-state index contributed by atoms with van der Waals surface area (Å²) in [6, 6.07) is 0. The van der Waals surface area contributed by atoms with Gasteiger partial charge in [-0.25, -0.2) is 0 Å². The number of methoxy groups -OCH3 is 1. The molecule has 0 aliphatic rings. The Hall–Kier alpha value is -1.85. The van der Waals surface area contributed by atoms with Crippen LogP contribution in [0.3, 0.4) is 0 Å². The predicted molar refractivity (Wildman–Crippen MR) is 122 cm³/mol. The van der Waals surface area contributed by atoms with E-state index in [-0.39, 0.29) is 36.2 Å². The molecule has 1 atom stereocenters. The maximum atomic E-state index is 12.4. The highest BCUT2D eigenvalue weighted by atomic mass is 16.5. The highest BCUT2D eigenvalue weighted by Gasteiger charge is 2.24. The molecule has 0 aromatic rings. The van der Waals surface area contributed by atoms with Gasteiger partial charge in [-0.2, -0.15) is 0 Å². The number of rotatable bonds is 18. The summed E-state index contributed by atoms with van der Waals surface area (Å²) in [6.45, 7) is 8.69. The van der Waals surface area contributed by atoms with Crippen molar-refractivity contribution in [3.63, 3.8) is 0 Å². The molecule has 1 unspecified atom stereocenters. The summed E-state index contributed by atoms with van der Waals surface area (Å²) in [7, 11) is 1.42. The van der Waals surface area contributed by atoms with Crippen molar-refractivity contribution in [2.75, 3.05) is 20.3 Å². The predicted octanol–water partition coefficient (Wildman–Crippen LogP) is 5.63. The van der Waals surface area contributed by atoms with Crippen LogP contribution in [0, 0.1) is 17.8 Å². The van der Waals surface area contributed by atoms with Crippen LogP contribution in [0.25, 0.3) is 0 Å². The van der Waals surface area contributed by atoms with Crippen LogP contribution in [0.1, 0.15) is 91.9 Å². The van der Waals surface area contributed by atoms with Crippen LogP contribution in [-0.4, -0.2) is 38.2 Å². The lowest BCUT2D eigenvalue weighted by atomic mass is 9.98. The van der Waals surface area contributed by atoms with E-state index in [9.17, 15) is 14.4 Å². The van der Waals surface area contributed by atoms with Gasteiger partial charge in [0.25, 0.3) is 0 Å². The van der Waals surface area contributed by atoms with Gasteiger partial charge >= 0.3 is 17.9 Å². The number of allylic oxidation sites excluding steroid dienone is 2. The molecule has 0 aromatic carbocycles. The molecule has 31 heavy (non-hydrogen) atoms. The highest BCUT2D eigenvalue weighted by molar-refractivity contribution is 5.80. The van der Waals surface area contributed by atoms with E-state index in [0.717, 1.165) is 44.9 Å². The van der Waals surface area contributed by atoms with Gasteiger partial charge in [0.1, 0.15) is 0 Å². The van der Waals surface area contributed by atoms with Gasteiger partial charge in [-0.05, 0) is 50.4 Å². The van der Waals surface area contributed by atoms with Gasteiger partial charge in [0.15, 0.2) is 0 Å². The summed E-state index contributed by atoms with van der Waals surface area (Å²) in [4.78, 5) is 35.5. The average Bonchev–Trinajstić information content (AvgIpc) is 2.73. The number of hydrogen-bond acceptors (Lipinski definition) is 6. The lowest BCUT2D eigenvalue weighted by molar-refractivity contribution is -0.156. The van der Waals surface area contributed by atoms with Gasteiger partial charge < -0.3 is 14.2 Å². The van der Waals surface area contributed by atoms with Crippen molar-refractivity contribution in [2.45, 2.75) is 91.9 Å². The standard InChI is InChI=1S/C25H44O6/c1-20(2)18-30-24(27)17-22(25(28)31-19-21(3)4)15-13-11-9-7-6-8-10-12-14-16-23(26)29-5/h7,9,20-22H,6,8,10-19H2,1-5H3/b9-7+. The zero-order valence-electron chi connectivity index (χ0n) is 20.3. The maximum Gasteiger partial charge on any atom is 0.309 e. The van der Waals surface area contributed by atoms with Crippen molar-refractivity contribution >= 4 is 17.9 Å². The molecule has 0 bridgehead atoms. The Morgan fingerprint density at radius 2 is 1.32 bits per heavy atom. The Labute approximate surface area is 189 Å². The molecule has 0 saturated heterocycles. The molecule has 0 aromatic heterocycles. The van der Waals surface area contributed by atoms with Crippen molar-refractivity contribution in [2.24, 2.45) is 17.8 Å². The second-order valence-corrected chi connectivity index (χ2v) is 8.93. The summed E-state index contributed by atoms with van der Waals surface area (Å²) >= 11 is 0. The normalized spacial score (nSPS) is 12.4. The number of esters is 3. The van der Waals surface area contributed by atoms with E-state index in [1.807, 2.05) is 27.7 Å². The first-order valence-corrected chi connectivity index (χ1v) is 11.8. The molecule has 0 aliphatic heterocycles. The quantitative estimate of drug-likeness (QED) is 0.119. The Morgan fingerprint density at radius 1 is 0.742 bits per heavy atom. The Bertz CT molecular complexity index is 524. The van der Waals surface area contributed by atoms with Crippen molar-refractivity contribution in [3.05, 3.63) is 12.2 Å². The molecule has 0 N–H and O–H groups in total. The molecule has 0 fully saturated rings. The van der Waals surface area contributed by atoms with Gasteiger partial charge in [0.2, 0.25) is 0 Å². The molecular weight excluding hydrogens is 396 g/mol. The van der Waals surface area contributed by atoms with Crippen molar-refractivity contribution in [3.8, 4) is 0 Å². The van der Waals surface area contributed by atoms with Gasteiger partial charge in [-0.1, -0.05) is 52.7 Å². The van der Waals surface area contributed by atoms with Gasteiger partial charge in [0.05, 0.1) is 32.7 Å².